The second kappa shape index (κ2) is 3.33. The molecule has 0 saturated heterocycles. The number of aromatic nitrogens is 2. The molecule has 2 nitrogen and oxygen atoms in total. The Morgan fingerprint density at radius 2 is 1.92 bits per heavy atom. The van der Waals surface area contributed by atoms with Crippen molar-refractivity contribution in [2.24, 2.45) is 0 Å². The van der Waals surface area contributed by atoms with Crippen LogP contribution in [0.3, 0.4) is 0 Å². The highest BCUT2D eigenvalue weighted by molar-refractivity contribution is 9.10. The summed E-state index contributed by atoms with van der Waals surface area (Å²) in [5.41, 5.74) is 2.04. The van der Waals surface area contributed by atoms with Gasteiger partial charge in [0, 0.05) is 10.0 Å². The number of hydrogen-bond acceptors (Lipinski definition) is 3. The molecule has 0 saturated carbocycles. The fraction of sp³-hybridized carbons (Fsp3) is 0. The monoisotopic (exact) mass is 240 g/mol. The van der Waals surface area contributed by atoms with Crippen molar-refractivity contribution in [3.05, 3.63) is 34.9 Å². The van der Waals surface area contributed by atoms with Crippen LogP contribution < -0.4 is 0 Å². The molecule has 0 spiro atoms. The lowest BCUT2D eigenvalue weighted by molar-refractivity contribution is 1.49. The second-order valence-corrected chi connectivity index (χ2v) is 3.77. The lowest BCUT2D eigenvalue weighted by Crippen LogP contribution is -1.74. The molecule has 60 valence electrons. The van der Waals surface area contributed by atoms with Gasteiger partial charge in [-0.25, -0.2) is 0 Å². The molecule has 0 unspecified atom stereocenters. The lowest BCUT2D eigenvalue weighted by Gasteiger charge is -1.94. The number of hydrogen-bond donors (Lipinski definition) is 0. The van der Waals surface area contributed by atoms with Crippen molar-refractivity contribution in [1.82, 2.24) is 8.75 Å². The van der Waals surface area contributed by atoms with Gasteiger partial charge in [-0.3, -0.25) is 0 Å². The predicted octanol–water partition coefficient (Wildman–Crippen LogP) is 2.97. The zero-order valence-corrected chi connectivity index (χ0v) is 8.47. The first-order valence-corrected chi connectivity index (χ1v) is 4.92. The maximum atomic E-state index is 4.13. The molecule has 2 aromatic rings. The topological polar surface area (TPSA) is 25.8 Å². The van der Waals surface area contributed by atoms with Gasteiger partial charge in [0.15, 0.2) is 0 Å². The van der Waals surface area contributed by atoms with Gasteiger partial charge in [0.25, 0.3) is 0 Å². The first-order valence-electron chi connectivity index (χ1n) is 3.40. The molecule has 0 aliphatic heterocycles. The Morgan fingerprint density at radius 1 is 1.17 bits per heavy atom. The third kappa shape index (κ3) is 1.54. The Labute approximate surface area is 82.7 Å². The molecule has 1 aromatic heterocycles. The molecule has 0 aliphatic rings. The van der Waals surface area contributed by atoms with E-state index in [-0.39, 0.29) is 0 Å². The summed E-state index contributed by atoms with van der Waals surface area (Å²) in [4.78, 5) is 0. The Hall–Kier alpha value is -0.740. The van der Waals surface area contributed by atoms with Crippen molar-refractivity contribution in [3.63, 3.8) is 0 Å². The van der Waals surface area contributed by atoms with Crippen molar-refractivity contribution >= 4 is 27.7 Å². The van der Waals surface area contributed by atoms with Crippen molar-refractivity contribution in [2.75, 3.05) is 0 Å². The molecule has 0 atom stereocenters. The number of rotatable bonds is 1. The highest BCUT2D eigenvalue weighted by atomic mass is 79.9. The van der Waals surface area contributed by atoms with Gasteiger partial charge in [-0.05, 0) is 12.1 Å². The Kier molecular flexibility index (Phi) is 2.19. The summed E-state index contributed by atoms with van der Waals surface area (Å²) in [6, 6.07) is 8.02. The van der Waals surface area contributed by atoms with Gasteiger partial charge < -0.3 is 0 Å². The van der Waals surface area contributed by atoms with Crippen LogP contribution in [0.5, 0.6) is 0 Å². The Balaban J connectivity index is 2.43. The van der Waals surface area contributed by atoms with Crippen molar-refractivity contribution < 1.29 is 0 Å². The van der Waals surface area contributed by atoms with Crippen molar-refractivity contribution in [3.8, 4) is 11.3 Å². The van der Waals surface area contributed by atoms with Gasteiger partial charge in [-0.1, -0.05) is 28.1 Å². The molecule has 0 radical (unpaired) electrons. The molecule has 0 N–H and O–H groups in total. The van der Waals surface area contributed by atoms with Gasteiger partial charge in [0.1, 0.15) is 5.69 Å². The van der Waals surface area contributed by atoms with E-state index in [2.05, 4.69) is 24.7 Å². The number of nitrogens with zero attached hydrogens (tertiary/aromatic N) is 2. The van der Waals surface area contributed by atoms with Crippen LogP contribution >= 0.6 is 27.7 Å². The average Bonchev–Trinajstić information content (AvgIpc) is 2.58. The Morgan fingerprint density at radius 3 is 2.50 bits per heavy atom. The van der Waals surface area contributed by atoms with Crippen LogP contribution in [0.4, 0.5) is 0 Å². The van der Waals surface area contributed by atoms with Crippen LogP contribution in [-0.2, 0) is 0 Å². The van der Waals surface area contributed by atoms with Crippen LogP contribution in [0.1, 0.15) is 0 Å². The molecule has 0 bridgehead atoms. The fourth-order valence-corrected chi connectivity index (χ4v) is 1.61. The van der Waals surface area contributed by atoms with E-state index < -0.39 is 0 Å². The van der Waals surface area contributed by atoms with E-state index in [1.807, 2.05) is 24.3 Å². The maximum absolute atomic E-state index is 4.13. The van der Waals surface area contributed by atoms with E-state index in [0.29, 0.717) is 0 Å². The molecular formula is C8H5BrN2S. The third-order valence-electron chi connectivity index (χ3n) is 1.50. The van der Waals surface area contributed by atoms with Crippen LogP contribution in [0, 0.1) is 0 Å². The normalized spacial score (nSPS) is 10.1. The highest BCUT2D eigenvalue weighted by Gasteiger charge is 1.98. The number of halogens is 1. The van der Waals surface area contributed by atoms with Gasteiger partial charge in [-0.15, -0.1) is 0 Å². The van der Waals surface area contributed by atoms with E-state index in [4.69, 9.17) is 0 Å². The van der Waals surface area contributed by atoms with Crippen LogP contribution in [0.25, 0.3) is 11.3 Å². The zero-order valence-electron chi connectivity index (χ0n) is 6.07. The summed E-state index contributed by atoms with van der Waals surface area (Å²) in [5, 5.41) is 0. The molecule has 0 amide bonds. The number of benzene rings is 1. The lowest BCUT2D eigenvalue weighted by atomic mass is 10.2. The third-order valence-corrected chi connectivity index (χ3v) is 2.51. The van der Waals surface area contributed by atoms with E-state index in [1.54, 1.807) is 6.20 Å². The molecule has 0 aliphatic carbocycles. The van der Waals surface area contributed by atoms with Crippen LogP contribution in [-0.4, -0.2) is 8.75 Å². The summed E-state index contributed by atoms with van der Waals surface area (Å²) in [6.45, 7) is 0. The molecule has 0 fully saturated rings. The minimum absolute atomic E-state index is 0.938. The van der Waals surface area contributed by atoms with Crippen LogP contribution in [0.15, 0.2) is 34.9 Å². The molecule has 4 heteroatoms. The van der Waals surface area contributed by atoms with Gasteiger partial charge in [0.2, 0.25) is 0 Å². The van der Waals surface area contributed by atoms with E-state index in [9.17, 15) is 0 Å². The van der Waals surface area contributed by atoms with Crippen molar-refractivity contribution in [1.29, 1.82) is 0 Å². The van der Waals surface area contributed by atoms with E-state index in [1.165, 1.54) is 11.7 Å². The molecule has 1 aromatic carbocycles. The smallest absolute Gasteiger partial charge is 0.104 e. The zero-order chi connectivity index (χ0) is 8.39. The van der Waals surface area contributed by atoms with E-state index in [0.717, 1.165) is 15.7 Å². The standard InChI is InChI=1S/C8H5BrN2S/c9-7-3-1-6(2-4-7)8-5-10-12-11-8/h1-5H. The SMILES string of the molecule is Brc1ccc(-c2cnsn2)cc1. The predicted molar refractivity (Wildman–Crippen MR) is 53.0 cm³/mol. The molecule has 2 rings (SSSR count). The summed E-state index contributed by atoms with van der Waals surface area (Å²) >= 11 is 4.60. The molecular weight excluding hydrogens is 236 g/mol. The summed E-state index contributed by atoms with van der Waals surface area (Å²) < 4.78 is 9.15. The average molecular weight is 241 g/mol. The second-order valence-electron chi connectivity index (χ2n) is 2.30. The summed E-state index contributed by atoms with van der Waals surface area (Å²) in [6.07, 6.45) is 1.77. The summed E-state index contributed by atoms with van der Waals surface area (Å²) in [7, 11) is 0. The first-order chi connectivity index (χ1) is 5.86. The van der Waals surface area contributed by atoms with Crippen molar-refractivity contribution in [2.45, 2.75) is 0 Å². The minimum Gasteiger partial charge on any atom is -0.181 e. The Bertz CT molecular complexity index is 355. The fourth-order valence-electron chi connectivity index (χ4n) is 0.913. The van der Waals surface area contributed by atoms with Gasteiger partial charge in [-0.2, -0.15) is 8.75 Å². The summed E-state index contributed by atoms with van der Waals surface area (Å²) in [5.74, 6) is 0. The quantitative estimate of drug-likeness (QED) is 0.767. The van der Waals surface area contributed by atoms with Gasteiger partial charge in [0.05, 0.1) is 17.9 Å². The minimum atomic E-state index is 0.938. The first kappa shape index (κ1) is 7.89. The maximum Gasteiger partial charge on any atom is 0.104 e. The van der Waals surface area contributed by atoms with Gasteiger partial charge >= 0.3 is 0 Å². The largest absolute Gasteiger partial charge is 0.181 e. The molecule has 1 heterocycles. The molecule has 12 heavy (non-hydrogen) atoms. The highest BCUT2D eigenvalue weighted by Crippen LogP contribution is 2.19. The van der Waals surface area contributed by atoms with Crippen LogP contribution in [0.2, 0.25) is 0 Å². The van der Waals surface area contributed by atoms with E-state index >= 15 is 0 Å².